The number of rotatable bonds is 6. The normalized spacial score (nSPS) is 10.0. The van der Waals surface area contributed by atoms with E-state index in [2.05, 4.69) is 82.8 Å². The van der Waals surface area contributed by atoms with Crippen molar-refractivity contribution >= 4 is 28.0 Å². The first-order valence-electron chi connectivity index (χ1n) is 11.9. The van der Waals surface area contributed by atoms with Crippen LogP contribution in [-0.2, 0) is 50.1 Å². The topological polar surface area (TPSA) is 44.2 Å². The van der Waals surface area contributed by atoms with Crippen LogP contribution in [0.1, 0.15) is 0 Å². The van der Waals surface area contributed by atoms with E-state index in [1.165, 1.54) is 6.14 Å². The van der Waals surface area contributed by atoms with E-state index in [1.807, 2.05) is 60.8 Å². The first-order chi connectivity index (χ1) is 17.8. The standard InChI is InChI=1S/2C9H7NO.2C6H5.2Hg/c11-8-5-1-3-7-4-2-6-10-9(7)8;11-9-6-5-7-3-1-2-4-8(7)10-9;2*1-2-4-6-5-3-1;;/h1-6,11H;1-6H,(H,10,11);2*1-5H;;/q;;;;2*+1/p-2. The third-order valence-corrected chi connectivity index (χ3v) is 15.4. The van der Waals surface area contributed by atoms with Crippen molar-refractivity contribution in [2.24, 2.45) is 0 Å². The van der Waals surface area contributed by atoms with E-state index in [1.54, 1.807) is 0 Å². The fraction of sp³-hybridized carbons (Fsp3) is 0. The molecule has 0 aliphatic heterocycles. The molecule has 0 aliphatic rings. The van der Waals surface area contributed by atoms with Gasteiger partial charge in [0.2, 0.25) is 0 Å². The first kappa shape index (κ1) is 24.8. The Balaban J connectivity index is 0.000000148. The Hall–Kier alpha value is -2.83. The van der Waals surface area contributed by atoms with Gasteiger partial charge in [0.1, 0.15) is 0 Å². The Morgan fingerprint density at radius 3 is 1.92 bits per heavy atom. The summed E-state index contributed by atoms with van der Waals surface area (Å²) >= 11 is -3.03. The Morgan fingerprint density at radius 1 is 0.500 bits per heavy atom. The van der Waals surface area contributed by atoms with Gasteiger partial charge in [-0.15, -0.1) is 0 Å². The van der Waals surface area contributed by atoms with Crippen molar-refractivity contribution < 1.29 is 55.4 Å². The summed E-state index contributed by atoms with van der Waals surface area (Å²) < 4.78 is 14.7. The Labute approximate surface area is 236 Å². The molecular formula is C30H22Hg2N2O2. The molecule has 0 saturated carbocycles. The van der Waals surface area contributed by atoms with Crippen LogP contribution in [0.15, 0.2) is 134 Å². The van der Waals surface area contributed by atoms with E-state index < -0.39 is 50.1 Å². The van der Waals surface area contributed by atoms with Crippen LogP contribution in [-0.4, -0.2) is 9.97 Å². The van der Waals surface area contributed by atoms with Gasteiger partial charge in [-0.3, -0.25) is 0 Å². The van der Waals surface area contributed by atoms with Gasteiger partial charge in [0.25, 0.3) is 0 Å². The van der Waals surface area contributed by atoms with Gasteiger partial charge in [-0.05, 0) is 0 Å². The van der Waals surface area contributed by atoms with Gasteiger partial charge in [0.15, 0.2) is 0 Å². The minimum atomic E-state index is -1.52. The molecule has 2 heterocycles. The second kappa shape index (κ2) is 12.9. The summed E-state index contributed by atoms with van der Waals surface area (Å²) in [5.74, 6) is 1.69. The SMILES string of the molecule is c1cc[c]([Hg][O]c2ccc3ccccc3n2)cc1.c1cc[c]([Hg][O]c2cccc3cccnc23)cc1. The van der Waals surface area contributed by atoms with Crippen molar-refractivity contribution in [3.63, 3.8) is 0 Å². The molecule has 0 radical (unpaired) electrons. The van der Waals surface area contributed by atoms with Crippen LogP contribution in [0.3, 0.4) is 0 Å². The van der Waals surface area contributed by atoms with Crippen molar-refractivity contribution in [2.45, 2.75) is 0 Å². The molecular weight excluding hydrogens is 822 g/mol. The number of aromatic nitrogens is 2. The molecule has 6 heteroatoms. The van der Waals surface area contributed by atoms with Gasteiger partial charge in [0, 0.05) is 0 Å². The molecule has 0 saturated heterocycles. The van der Waals surface area contributed by atoms with Crippen LogP contribution in [0.25, 0.3) is 21.8 Å². The third-order valence-electron chi connectivity index (χ3n) is 5.64. The van der Waals surface area contributed by atoms with Crippen molar-refractivity contribution in [2.75, 3.05) is 0 Å². The van der Waals surface area contributed by atoms with Gasteiger partial charge in [-0.25, -0.2) is 0 Å². The molecule has 0 aliphatic carbocycles. The van der Waals surface area contributed by atoms with E-state index >= 15 is 0 Å². The Morgan fingerprint density at radius 2 is 1.14 bits per heavy atom. The van der Waals surface area contributed by atoms with Crippen molar-refractivity contribution in [3.05, 3.63) is 134 Å². The Kier molecular flexibility index (Phi) is 8.92. The second-order valence-electron chi connectivity index (χ2n) is 8.22. The van der Waals surface area contributed by atoms with Gasteiger partial charge >= 0.3 is 238 Å². The molecule has 0 fully saturated rings. The van der Waals surface area contributed by atoms with Crippen LogP contribution in [0.5, 0.6) is 11.6 Å². The summed E-state index contributed by atoms with van der Waals surface area (Å²) in [5.41, 5.74) is 1.97. The molecule has 0 unspecified atom stereocenters. The van der Waals surface area contributed by atoms with Crippen LogP contribution in [0, 0.1) is 0 Å². The molecule has 36 heavy (non-hydrogen) atoms. The molecule has 6 aromatic rings. The summed E-state index contributed by atoms with van der Waals surface area (Å²) in [5, 5.41) is 2.29. The van der Waals surface area contributed by atoms with Gasteiger partial charge in [-0.2, -0.15) is 0 Å². The maximum atomic E-state index is 6.07. The van der Waals surface area contributed by atoms with E-state index in [0.717, 1.165) is 33.4 Å². The zero-order valence-electron chi connectivity index (χ0n) is 19.8. The van der Waals surface area contributed by atoms with Gasteiger partial charge in [-0.1, -0.05) is 0 Å². The predicted octanol–water partition coefficient (Wildman–Crippen LogP) is 5.87. The summed E-state index contributed by atoms with van der Waals surface area (Å²) in [6, 6.07) is 43.2. The molecule has 4 nitrogen and oxygen atoms in total. The molecule has 0 spiro atoms. The number of benzene rings is 4. The van der Waals surface area contributed by atoms with Gasteiger partial charge < -0.3 is 0 Å². The maximum absolute atomic E-state index is 6.07. The van der Waals surface area contributed by atoms with Crippen molar-refractivity contribution in [1.29, 1.82) is 0 Å². The number of fused-ring (bicyclic) bond motifs is 2. The summed E-state index contributed by atoms with van der Waals surface area (Å²) in [6.45, 7) is 0. The number of hydrogen-bond donors (Lipinski definition) is 0. The third kappa shape index (κ3) is 6.89. The zero-order chi connectivity index (χ0) is 24.4. The molecule has 0 N–H and O–H groups in total. The molecule has 2 aromatic heterocycles. The molecule has 168 valence electrons. The zero-order valence-corrected chi connectivity index (χ0v) is 30.8. The minimum absolute atomic E-state index is 0.763. The van der Waals surface area contributed by atoms with Crippen LogP contribution in [0.2, 0.25) is 0 Å². The van der Waals surface area contributed by atoms with Crippen LogP contribution >= 0.6 is 0 Å². The fourth-order valence-corrected chi connectivity index (χ4v) is 11.4. The molecule has 0 atom stereocenters. The second-order valence-corrected chi connectivity index (χ2v) is 19.1. The number of para-hydroxylation sites is 2. The first-order valence-corrected chi connectivity index (χ1v) is 21.9. The van der Waals surface area contributed by atoms with E-state index in [-0.39, 0.29) is 0 Å². The number of pyridine rings is 2. The average Bonchev–Trinajstić information content (AvgIpc) is 2.96. The summed E-state index contributed by atoms with van der Waals surface area (Å²) in [6.07, 6.45) is 1.81. The van der Waals surface area contributed by atoms with E-state index in [9.17, 15) is 0 Å². The molecule has 0 bridgehead atoms. The molecule has 0 amide bonds. The van der Waals surface area contributed by atoms with Gasteiger partial charge in [0.05, 0.1) is 0 Å². The molecule has 4 aromatic carbocycles. The number of nitrogens with zero attached hydrogens (tertiary/aromatic N) is 2. The summed E-state index contributed by atoms with van der Waals surface area (Å²) in [7, 11) is 0. The van der Waals surface area contributed by atoms with Crippen LogP contribution in [0.4, 0.5) is 0 Å². The predicted molar refractivity (Wildman–Crippen MR) is 137 cm³/mol. The van der Waals surface area contributed by atoms with Crippen molar-refractivity contribution in [1.82, 2.24) is 9.97 Å². The monoisotopic (exact) mass is 846 g/mol. The quantitative estimate of drug-likeness (QED) is 0.197. The van der Waals surface area contributed by atoms with Crippen LogP contribution < -0.4 is 11.4 Å². The number of hydrogen-bond acceptors (Lipinski definition) is 4. The Bertz CT molecular complexity index is 1540. The fourth-order valence-electron chi connectivity index (χ4n) is 3.79. The van der Waals surface area contributed by atoms with E-state index in [0.29, 0.717) is 0 Å². The average molecular weight is 844 g/mol. The van der Waals surface area contributed by atoms with E-state index in [4.69, 9.17) is 5.29 Å². The molecule has 6 rings (SSSR count). The van der Waals surface area contributed by atoms with Crippen molar-refractivity contribution in [3.8, 4) is 11.6 Å². The summed E-state index contributed by atoms with van der Waals surface area (Å²) in [4.78, 5) is 8.93.